The summed E-state index contributed by atoms with van der Waals surface area (Å²) >= 11 is 0. The van der Waals surface area contributed by atoms with Crippen molar-refractivity contribution < 1.29 is 17.9 Å². The minimum atomic E-state index is -4.33. The van der Waals surface area contributed by atoms with Gasteiger partial charge >= 0.3 is 6.18 Å². The Morgan fingerprint density at radius 2 is 1.85 bits per heavy atom. The molecule has 2 saturated heterocycles. The number of benzene rings is 1. The fourth-order valence-corrected chi connectivity index (χ4v) is 3.05. The van der Waals surface area contributed by atoms with Crippen LogP contribution in [0.3, 0.4) is 0 Å². The molecule has 2 aliphatic heterocycles. The van der Waals surface area contributed by atoms with Gasteiger partial charge in [-0.2, -0.15) is 13.2 Å². The number of hydrogen-bond acceptors (Lipinski definition) is 3. The van der Waals surface area contributed by atoms with Gasteiger partial charge in [0.05, 0.1) is 17.8 Å². The lowest BCUT2D eigenvalue weighted by atomic mass is 10.1. The van der Waals surface area contributed by atoms with Crippen LogP contribution in [-0.2, 0) is 17.5 Å². The molecule has 6 heteroatoms. The van der Waals surface area contributed by atoms with E-state index in [9.17, 15) is 13.2 Å². The highest BCUT2D eigenvalue weighted by Crippen LogP contribution is 2.35. The minimum absolute atomic E-state index is 0.103. The Morgan fingerprint density at radius 1 is 1.20 bits per heavy atom. The molecule has 0 radical (unpaired) electrons. The highest BCUT2D eigenvalue weighted by Gasteiger charge is 2.35. The first-order chi connectivity index (χ1) is 9.47. The van der Waals surface area contributed by atoms with Crippen LogP contribution >= 0.6 is 0 Å². The van der Waals surface area contributed by atoms with Crippen LogP contribution in [0.25, 0.3) is 0 Å². The van der Waals surface area contributed by atoms with Gasteiger partial charge in [0, 0.05) is 25.3 Å². The number of halogens is 3. The van der Waals surface area contributed by atoms with Crippen molar-refractivity contribution in [3.63, 3.8) is 0 Å². The average molecular weight is 286 g/mol. The van der Waals surface area contributed by atoms with Crippen LogP contribution in [0.5, 0.6) is 0 Å². The quantitative estimate of drug-likeness (QED) is 0.908. The van der Waals surface area contributed by atoms with Gasteiger partial charge in [-0.25, -0.2) is 0 Å². The van der Waals surface area contributed by atoms with Crippen molar-refractivity contribution in [3.8, 4) is 0 Å². The molecular weight excluding hydrogens is 269 g/mol. The van der Waals surface area contributed by atoms with E-state index in [1.165, 1.54) is 6.07 Å². The van der Waals surface area contributed by atoms with Crippen molar-refractivity contribution in [1.82, 2.24) is 0 Å². The van der Waals surface area contributed by atoms with E-state index >= 15 is 0 Å². The van der Waals surface area contributed by atoms with Crippen LogP contribution in [0, 0.1) is 0 Å². The summed E-state index contributed by atoms with van der Waals surface area (Å²) in [5.74, 6) is 0. The molecule has 2 fully saturated rings. The lowest BCUT2D eigenvalue weighted by Crippen LogP contribution is -2.43. The second-order valence-electron chi connectivity index (χ2n) is 5.41. The number of morpholine rings is 1. The highest BCUT2D eigenvalue weighted by atomic mass is 19.4. The summed E-state index contributed by atoms with van der Waals surface area (Å²) in [6.07, 6.45) is -1.88. The molecule has 0 aliphatic carbocycles. The van der Waals surface area contributed by atoms with Crippen molar-refractivity contribution >= 4 is 5.69 Å². The molecule has 2 unspecified atom stereocenters. The zero-order valence-corrected chi connectivity index (χ0v) is 11.0. The van der Waals surface area contributed by atoms with Crippen LogP contribution < -0.4 is 10.6 Å². The molecule has 110 valence electrons. The van der Waals surface area contributed by atoms with E-state index in [1.807, 2.05) is 0 Å². The summed E-state index contributed by atoms with van der Waals surface area (Å²) < 4.78 is 44.0. The maximum atomic E-state index is 12.7. The van der Waals surface area contributed by atoms with E-state index in [2.05, 4.69) is 4.90 Å². The van der Waals surface area contributed by atoms with Gasteiger partial charge in [0.1, 0.15) is 0 Å². The van der Waals surface area contributed by atoms with Crippen molar-refractivity contribution in [1.29, 1.82) is 0 Å². The normalized spacial score (nSPS) is 26.1. The highest BCUT2D eigenvalue weighted by molar-refractivity contribution is 5.56. The Kier molecular flexibility index (Phi) is 3.38. The predicted molar refractivity (Wildman–Crippen MR) is 69.4 cm³/mol. The minimum Gasteiger partial charge on any atom is -0.371 e. The molecule has 1 aromatic rings. The molecule has 2 atom stereocenters. The Bertz CT molecular complexity index is 492. The van der Waals surface area contributed by atoms with Crippen LogP contribution in [0.2, 0.25) is 0 Å². The summed E-state index contributed by atoms with van der Waals surface area (Å²) in [5.41, 5.74) is 6.34. The molecule has 0 spiro atoms. The standard InChI is InChI=1S/C14H17F3N2O/c15-14(16,17)10-1-4-13(9(5-10)6-18)19-7-11-2-3-12(8-19)20-11/h1,4-5,11-12H,2-3,6-8,18H2. The second-order valence-corrected chi connectivity index (χ2v) is 5.41. The summed E-state index contributed by atoms with van der Waals surface area (Å²) in [5, 5.41) is 0. The molecule has 0 saturated carbocycles. The van der Waals surface area contributed by atoms with Crippen LogP contribution in [-0.4, -0.2) is 25.3 Å². The molecule has 1 aromatic carbocycles. The Balaban J connectivity index is 1.89. The summed E-state index contributed by atoms with van der Waals surface area (Å²) in [6.45, 7) is 1.57. The van der Waals surface area contributed by atoms with Crippen molar-refractivity contribution in [2.24, 2.45) is 5.73 Å². The van der Waals surface area contributed by atoms with Gasteiger partial charge in [-0.05, 0) is 36.6 Å². The number of nitrogens with two attached hydrogens (primary N) is 1. The Morgan fingerprint density at radius 3 is 2.40 bits per heavy atom. The van der Waals surface area contributed by atoms with E-state index in [1.54, 1.807) is 0 Å². The molecule has 3 rings (SSSR count). The number of anilines is 1. The third kappa shape index (κ3) is 2.50. The monoisotopic (exact) mass is 286 g/mol. The fourth-order valence-electron chi connectivity index (χ4n) is 3.05. The molecule has 3 nitrogen and oxygen atoms in total. The van der Waals surface area contributed by atoms with Gasteiger partial charge < -0.3 is 15.4 Å². The molecule has 2 aliphatic rings. The predicted octanol–water partition coefficient (Wildman–Crippen LogP) is 2.53. The van der Waals surface area contributed by atoms with Crippen molar-refractivity contribution in [3.05, 3.63) is 29.3 Å². The van der Waals surface area contributed by atoms with E-state index in [0.29, 0.717) is 5.56 Å². The number of ether oxygens (including phenoxy) is 1. The molecular formula is C14H17F3N2O. The van der Waals surface area contributed by atoms with Crippen LogP contribution in [0.1, 0.15) is 24.0 Å². The van der Waals surface area contributed by atoms with E-state index in [0.717, 1.165) is 43.8 Å². The summed E-state index contributed by atoms with van der Waals surface area (Å²) in [6, 6.07) is 3.83. The second kappa shape index (κ2) is 4.93. The van der Waals surface area contributed by atoms with Gasteiger partial charge in [-0.1, -0.05) is 0 Å². The molecule has 20 heavy (non-hydrogen) atoms. The first kappa shape index (κ1) is 13.7. The number of nitrogens with zero attached hydrogens (tertiary/aromatic N) is 1. The van der Waals surface area contributed by atoms with E-state index in [4.69, 9.17) is 10.5 Å². The van der Waals surface area contributed by atoms with E-state index in [-0.39, 0.29) is 18.8 Å². The lowest BCUT2D eigenvalue weighted by molar-refractivity contribution is -0.137. The molecule has 0 amide bonds. The first-order valence-electron chi connectivity index (χ1n) is 6.78. The molecule has 2 heterocycles. The number of rotatable bonds is 2. The van der Waals surface area contributed by atoms with Gasteiger partial charge in [0.15, 0.2) is 0 Å². The smallest absolute Gasteiger partial charge is 0.371 e. The van der Waals surface area contributed by atoms with Crippen LogP contribution in [0.15, 0.2) is 18.2 Å². The van der Waals surface area contributed by atoms with Crippen LogP contribution in [0.4, 0.5) is 18.9 Å². The average Bonchev–Trinajstić information content (AvgIpc) is 2.75. The zero-order chi connectivity index (χ0) is 14.3. The van der Waals surface area contributed by atoms with Crippen molar-refractivity contribution in [2.75, 3.05) is 18.0 Å². The van der Waals surface area contributed by atoms with Gasteiger partial charge in [0.2, 0.25) is 0 Å². The largest absolute Gasteiger partial charge is 0.416 e. The van der Waals surface area contributed by atoms with Gasteiger partial charge in [-0.3, -0.25) is 0 Å². The third-order valence-corrected chi connectivity index (χ3v) is 4.01. The van der Waals surface area contributed by atoms with Gasteiger partial charge in [-0.15, -0.1) is 0 Å². The summed E-state index contributed by atoms with van der Waals surface area (Å²) in [7, 11) is 0. The number of fused-ring (bicyclic) bond motifs is 2. The Hall–Kier alpha value is -1.27. The molecule has 2 N–H and O–H groups in total. The fraction of sp³-hybridized carbons (Fsp3) is 0.571. The maximum absolute atomic E-state index is 12.7. The third-order valence-electron chi connectivity index (χ3n) is 4.01. The van der Waals surface area contributed by atoms with Crippen molar-refractivity contribution in [2.45, 2.75) is 37.8 Å². The first-order valence-corrected chi connectivity index (χ1v) is 6.78. The topological polar surface area (TPSA) is 38.5 Å². The molecule has 0 aromatic heterocycles. The lowest BCUT2D eigenvalue weighted by Gasteiger charge is -2.35. The van der Waals surface area contributed by atoms with E-state index < -0.39 is 11.7 Å². The Labute approximate surface area is 115 Å². The summed E-state index contributed by atoms with van der Waals surface area (Å²) in [4.78, 5) is 2.11. The SMILES string of the molecule is NCc1cc(C(F)(F)F)ccc1N1CC2CCC(C1)O2. The number of hydrogen-bond donors (Lipinski definition) is 1. The molecule has 2 bridgehead atoms. The maximum Gasteiger partial charge on any atom is 0.416 e. The number of alkyl halides is 3. The zero-order valence-electron chi connectivity index (χ0n) is 11.0. The van der Waals surface area contributed by atoms with Gasteiger partial charge in [0.25, 0.3) is 0 Å².